The average molecular weight is 443 g/mol. The number of ether oxygens (including phenoxy) is 1. The number of rotatable bonds is 6. The second-order valence-corrected chi connectivity index (χ2v) is 12.7. The standard InChI is InChI=1S/C29H46O3/c1-18(2)8-7-9-19(3)23-10-11-24-27-25(13-15-29(23,24)6)28(5)14-12-22(32-20(4)30)16-21(28)17-26(27)31/h17-19,22-25,27H,7-16H2,1-6H3/t19-,22+,23?,24?,25?,27?,28+,29-/m1/s1. The quantitative estimate of drug-likeness (QED) is 0.411. The lowest BCUT2D eigenvalue weighted by Crippen LogP contribution is -2.53. The van der Waals surface area contributed by atoms with Crippen molar-refractivity contribution in [3.05, 3.63) is 11.6 Å². The largest absolute Gasteiger partial charge is 0.462 e. The van der Waals surface area contributed by atoms with Crippen LogP contribution < -0.4 is 0 Å². The first kappa shape index (κ1) is 24.0. The predicted molar refractivity (Wildman–Crippen MR) is 129 cm³/mol. The maximum absolute atomic E-state index is 13.6. The van der Waals surface area contributed by atoms with Gasteiger partial charge in [-0.15, -0.1) is 0 Å². The van der Waals surface area contributed by atoms with Gasteiger partial charge in [-0.25, -0.2) is 0 Å². The molecule has 0 aromatic carbocycles. The third-order valence-electron chi connectivity index (χ3n) is 10.4. The van der Waals surface area contributed by atoms with E-state index in [2.05, 4.69) is 34.6 Å². The first-order valence-electron chi connectivity index (χ1n) is 13.5. The smallest absolute Gasteiger partial charge is 0.302 e. The van der Waals surface area contributed by atoms with Crippen molar-refractivity contribution >= 4 is 11.8 Å². The number of allylic oxidation sites excluding steroid dienone is 1. The van der Waals surface area contributed by atoms with Gasteiger partial charge < -0.3 is 4.74 Å². The van der Waals surface area contributed by atoms with E-state index in [0.717, 1.165) is 37.0 Å². The monoisotopic (exact) mass is 442 g/mol. The summed E-state index contributed by atoms with van der Waals surface area (Å²) in [6.45, 7) is 13.6. The second kappa shape index (κ2) is 8.91. The fraction of sp³-hybridized carbons (Fsp3) is 0.862. The van der Waals surface area contributed by atoms with E-state index in [1.165, 1.54) is 57.4 Å². The van der Waals surface area contributed by atoms with Crippen molar-refractivity contribution in [3.63, 3.8) is 0 Å². The van der Waals surface area contributed by atoms with Crippen LogP contribution in [0.15, 0.2) is 11.6 Å². The molecule has 0 bridgehead atoms. The highest BCUT2D eigenvalue weighted by atomic mass is 16.5. The van der Waals surface area contributed by atoms with Gasteiger partial charge in [-0.2, -0.15) is 0 Å². The minimum absolute atomic E-state index is 0.0485. The van der Waals surface area contributed by atoms with Crippen LogP contribution >= 0.6 is 0 Å². The molecule has 8 atom stereocenters. The Morgan fingerprint density at radius 3 is 2.50 bits per heavy atom. The lowest BCUT2D eigenvalue weighted by Gasteiger charge is -2.57. The van der Waals surface area contributed by atoms with Crippen LogP contribution in [0.3, 0.4) is 0 Å². The third-order valence-corrected chi connectivity index (χ3v) is 10.4. The highest BCUT2D eigenvalue weighted by molar-refractivity contribution is 5.94. The summed E-state index contributed by atoms with van der Waals surface area (Å²) in [5.74, 6) is 3.74. The van der Waals surface area contributed by atoms with Crippen molar-refractivity contribution in [2.24, 2.45) is 46.3 Å². The lowest BCUT2D eigenvalue weighted by molar-refractivity contribution is -0.149. The molecule has 0 radical (unpaired) electrons. The molecule has 3 fully saturated rings. The summed E-state index contributed by atoms with van der Waals surface area (Å²) in [7, 11) is 0. The molecular formula is C29H46O3. The molecule has 3 nitrogen and oxygen atoms in total. The molecule has 4 rings (SSSR count). The molecule has 0 spiro atoms. The van der Waals surface area contributed by atoms with E-state index in [9.17, 15) is 9.59 Å². The Labute approximate surface area is 196 Å². The molecule has 0 amide bonds. The van der Waals surface area contributed by atoms with Crippen LogP contribution in [0.4, 0.5) is 0 Å². The molecule has 4 aliphatic carbocycles. The van der Waals surface area contributed by atoms with E-state index in [-0.39, 0.29) is 23.4 Å². The summed E-state index contributed by atoms with van der Waals surface area (Å²) in [5, 5.41) is 0. The van der Waals surface area contributed by atoms with Gasteiger partial charge in [-0.1, -0.05) is 59.5 Å². The van der Waals surface area contributed by atoms with Crippen LogP contribution in [0.1, 0.15) is 106 Å². The summed E-state index contributed by atoms with van der Waals surface area (Å²) in [6.07, 6.45) is 13.7. The molecule has 4 aliphatic rings. The van der Waals surface area contributed by atoms with E-state index >= 15 is 0 Å². The van der Waals surface area contributed by atoms with Gasteiger partial charge in [0.15, 0.2) is 5.78 Å². The molecule has 3 saturated carbocycles. The molecule has 32 heavy (non-hydrogen) atoms. The Hall–Kier alpha value is -1.12. The zero-order valence-corrected chi connectivity index (χ0v) is 21.4. The summed E-state index contributed by atoms with van der Waals surface area (Å²) < 4.78 is 5.54. The number of carbonyl (C=O) groups excluding carboxylic acids is 2. The van der Waals surface area contributed by atoms with Gasteiger partial charge in [0.2, 0.25) is 0 Å². The molecule has 0 N–H and O–H groups in total. The van der Waals surface area contributed by atoms with Crippen LogP contribution in [-0.2, 0) is 14.3 Å². The van der Waals surface area contributed by atoms with E-state index < -0.39 is 0 Å². The molecule has 0 aromatic heterocycles. The van der Waals surface area contributed by atoms with Gasteiger partial charge in [0.25, 0.3) is 0 Å². The number of hydrogen-bond donors (Lipinski definition) is 0. The maximum atomic E-state index is 13.6. The Kier molecular flexibility index (Phi) is 6.69. The molecule has 0 saturated heterocycles. The molecular weight excluding hydrogens is 396 g/mol. The highest BCUT2D eigenvalue weighted by Gasteiger charge is 2.61. The zero-order chi connectivity index (χ0) is 23.3. The van der Waals surface area contributed by atoms with Gasteiger partial charge in [0.05, 0.1) is 0 Å². The van der Waals surface area contributed by atoms with Gasteiger partial charge in [-0.05, 0) is 85.0 Å². The topological polar surface area (TPSA) is 43.4 Å². The van der Waals surface area contributed by atoms with Gasteiger partial charge in [0, 0.05) is 19.3 Å². The number of hydrogen-bond acceptors (Lipinski definition) is 3. The Balaban J connectivity index is 1.52. The van der Waals surface area contributed by atoms with Crippen LogP contribution in [0.25, 0.3) is 0 Å². The van der Waals surface area contributed by atoms with Crippen LogP contribution in [-0.4, -0.2) is 17.9 Å². The molecule has 180 valence electrons. The van der Waals surface area contributed by atoms with E-state index in [0.29, 0.717) is 23.0 Å². The minimum atomic E-state index is -0.202. The van der Waals surface area contributed by atoms with Crippen molar-refractivity contribution in [2.45, 2.75) is 112 Å². The first-order chi connectivity index (χ1) is 15.1. The average Bonchev–Trinajstić information content (AvgIpc) is 3.05. The fourth-order valence-electron chi connectivity index (χ4n) is 8.73. The molecule has 4 unspecified atom stereocenters. The van der Waals surface area contributed by atoms with Crippen molar-refractivity contribution < 1.29 is 14.3 Å². The highest BCUT2D eigenvalue weighted by Crippen LogP contribution is 2.66. The lowest BCUT2D eigenvalue weighted by atomic mass is 9.46. The fourth-order valence-corrected chi connectivity index (χ4v) is 8.73. The second-order valence-electron chi connectivity index (χ2n) is 12.7. The van der Waals surface area contributed by atoms with Gasteiger partial charge in [-0.3, -0.25) is 9.59 Å². The molecule has 3 heteroatoms. The molecule has 0 aromatic rings. The normalized spacial score (nSPS) is 42.0. The van der Waals surface area contributed by atoms with Crippen molar-refractivity contribution in [1.29, 1.82) is 0 Å². The first-order valence-corrected chi connectivity index (χ1v) is 13.5. The third kappa shape index (κ3) is 4.11. The van der Waals surface area contributed by atoms with Crippen molar-refractivity contribution in [2.75, 3.05) is 0 Å². The molecule has 0 heterocycles. The summed E-state index contributed by atoms with van der Waals surface area (Å²) in [5.41, 5.74) is 1.70. The predicted octanol–water partition coefficient (Wildman–Crippen LogP) is 7.14. The van der Waals surface area contributed by atoms with E-state index in [1.54, 1.807) is 0 Å². The maximum Gasteiger partial charge on any atom is 0.302 e. The van der Waals surface area contributed by atoms with Crippen LogP contribution in [0.2, 0.25) is 0 Å². The minimum Gasteiger partial charge on any atom is -0.462 e. The van der Waals surface area contributed by atoms with Gasteiger partial charge in [0.1, 0.15) is 6.10 Å². The van der Waals surface area contributed by atoms with Crippen LogP contribution in [0.5, 0.6) is 0 Å². The summed E-state index contributed by atoms with van der Waals surface area (Å²) >= 11 is 0. The Morgan fingerprint density at radius 1 is 1.06 bits per heavy atom. The van der Waals surface area contributed by atoms with E-state index in [1.807, 2.05) is 6.08 Å². The number of fused-ring (bicyclic) bond motifs is 5. The number of ketones is 1. The van der Waals surface area contributed by atoms with Crippen LogP contribution in [0, 0.1) is 46.3 Å². The summed E-state index contributed by atoms with van der Waals surface area (Å²) in [6, 6.07) is 0. The van der Waals surface area contributed by atoms with E-state index in [4.69, 9.17) is 4.74 Å². The molecule has 0 aliphatic heterocycles. The van der Waals surface area contributed by atoms with Crippen molar-refractivity contribution in [3.8, 4) is 0 Å². The zero-order valence-electron chi connectivity index (χ0n) is 21.4. The SMILES string of the molecule is CC(=O)O[C@H]1CC[C@@]2(C)C(=CC(=O)C3C4CCC([C@H](C)CCCC(C)C)[C@@]4(C)CCC32)C1. The Bertz CT molecular complexity index is 766. The number of esters is 1. The Morgan fingerprint density at radius 2 is 1.81 bits per heavy atom. The number of carbonyl (C=O) groups is 2. The van der Waals surface area contributed by atoms with Gasteiger partial charge >= 0.3 is 5.97 Å². The van der Waals surface area contributed by atoms with Crippen molar-refractivity contribution in [1.82, 2.24) is 0 Å². The summed E-state index contributed by atoms with van der Waals surface area (Å²) in [4.78, 5) is 25.1.